The lowest BCUT2D eigenvalue weighted by Gasteiger charge is -2.17. The second kappa shape index (κ2) is 7.17. The molecule has 2 aromatic carbocycles. The molecule has 0 radical (unpaired) electrons. The molecule has 7 heteroatoms. The Hall–Kier alpha value is -2.25. The van der Waals surface area contributed by atoms with E-state index in [1.165, 1.54) is 19.2 Å². The van der Waals surface area contributed by atoms with Crippen LogP contribution in [0.2, 0.25) is 0 Å². The number of aliphatic imine (C=N–C) groups is 1. The molecule has 1 saturated carbocycles. The maximum absolute atomic E-state index is 13.9. The molecule has 0 aliphatic heterocycles. The van der Waals surface area contributed by atoms with Crippen LogP contribution in [-0.4, -0.2) is 34.6 Å². The van der Waals surface area contributed by atoms with E-state index in [2.05, 4.69) is 0 Å². The van der Waals surface area contributed by atoms with Gasteiger partial charge in [0.1, 0.15) is 11.6 Å². The van der Waals surface area contributed by atoms with Gasteiger partial charge in [0, 0.05) is 17.7 Å². The predicted octanol–water partition coefficient (Wildman–Crippen LogP) is 3.14. The summed E-state index contributed by atoms with van der Waals surface area (Å²) in [5.74, 6) is -0.0730. The normalized spacial score (nSPS) is 22.5. The Bertz CT molecular complexity index is 914. The largest absolute Gasteiger partial charge is 0.496 e. The van der Waals surface area contributed by atoms with Crippen LogP contribution < -0.4 is 4.74 Å². The molecule has 0 saturated heterocycles. The van der Waals surface area contributed by atoms with E-state index >= 15 is 0 Å². The van der Waals surface area contributed by atoms with Gasteiger partial charge in [-0.15, -0.1) is 0 Å². The zero-order valence-corrected chi connectivity index (χ0v) is 15.4. The van der Waals surface area contributed by atoms with Gasteiger partial charge in [-0.2, -0.15) is 8.42 Å². The highest BCUT2D eigenvalue weighted by Gasteiger charge is 2.57. The van der Waals surface area contributed by atoms with Crippen LogP contribution in [0.25, 0.3) is 0 Å². The molecule has 0 bridgehead atoms. The number of methoxy groups -OCH3 is 1. The average Bonchev–Trinajstić information content (AvgIpc) is 3.33. The number of hydrogen-bond acceptors (Lipinski definition) is 5. The third-order valence-electron chi connectivity index (χ3n) is 4.43. The van der Waals surface area contributed by atoms with Gasteiger partial charge < -0.3 is 4.74 Å². The second-order valence-corrected chi connectivity index (χ2v) is 7.97. The van der Waals surface area contributed by atoms with Crippen molar-refractivity contribution in [1.82, 2.24) is 0 Å². The first-order chi connectivity index (χ1) is 12.3. The van der Waals surface area contributed by atoms with Crippen molar-refractivity contribution in [1.29, 1.82) is 0 Å². The number of hydrogen-bond donors (Lipinski definition) is 0. The Morgan fingerprint density at radius 3 is 2.65 bits per heavy atom. The van der Waals surface area contributed by atoms with Crippen LogP contribution in [0.1, 0.15) is 17.5 Å². The van der Waals surface area contributed by atoms with Crippen molar-refractivity contribution in [3.8, 4) is 5.75 Å². The molecule has 0 aromatic heterocycles. The smallest absolute Gasteiger partial charge is 0.264 e. The van der Waals surface area contributed by atoms with Gasteiger partial charge in [0.05, 0.1) is 25.5 Å². The zero-order valence-electron chi connectivity index (χ0n) is 14.6. The van der Waals surface area contributed by atoms with Crippen molar-refractivity contribution in [2.24, 2.45) is 10.9 Å². The average molecular weight is 377 g/mol. The standard InChI is InChI=1S/C19H20FNO4S/c1-24-18-9-8-16(20)10-17(18)19(11-15(19)13-25-26(2,22)23)21-12-14-6-4-3-5-7-14/h3-10,12,15H,11,13H2,1-2H3/t15-,19-/m1/s1. The third-order valence-corrected chi connectivity index (χ3v) is 4.99. The predicted molar refractivity (Wildman–Crippen MR) is 97.6 cm³/mol. The van der Waals surface area contributed by atoms with Gasteiger partial charge in [0.2, 0.25) is 0 Å². The van der Waals surface area contributed by atoms with E-state index in [9.17, 15) is 12.8 Å². The first kappa shape index (κ1) is 18.5. The fraction of sp³-hybridized carbons (Fsp3) is 0.316. The second-order valence-electron chi connectivity index (χ2n) is 6.33. The van der Waals surface area contributed by atoms with Gasteiger partial charge >= 0.3 is 0 Å². The molecule has 1 fully saturated rings. The quantitative estimate of drug-likeness (QED) is 0.549. The van der Waals surface area contributed by atoms with E-state index in [-0.39, 0.29) is 12.5 Å². The molecule has 1 aliphatic carbocycles. The summed E-state index contributed by atoms with van der Waals surface area (Å²) in [6.45, 7) is -0.00930. The minimum atomic E-state index is -3.56. The lowest BCUT2D eigenvalue weighted by Crippen LogP contribution is -2.15. The molecule has 0 unspecified atom stereocenters. The number of halogens is 1. The zero-order chi connectivity index (χ0) is 18.8. The number of rotatable bonds is 7. The maximum Gasteiger partial charge on any atom is 0.264 e. The van der Waals surface area contributed by atoms with Crippen molar-refractivity contribution in [2.75, 3.05) is 20.0 Å². The molecule has 1 aliphatic rings. The van der Waals surface area contributed by atoms with Crippen molar-refractivity contribution in [2.45, 2.75) is 12.0 Å². The summed E-state index contributed by atoms with van der Waals surface area (Å²) in [5.41, 5.74) is 0.722. The Morgan fingerprint density at radius 1 is 1.27 bits per heavy atom. The molecule has 26 heavy (non-hydrogen) atoms. The van der Waals surface area contributed by atoms with E-state index in [1.54, 1.807) is 12.3 Å². The summed E-state index contributed by atoms with van der Waals surface area (Å²) in [4.78, 5) is 4.69. The third kappa shape index (κ3) is 4.11. The van der Waals surface area contributed by atoms with Gasteiger partial charge in [-0.1, -0.05) is 30.3 Å². The highest BCUT2D eigenvalue weighted by molar-refractivity contribution is 7.85. The van der Waals surface area contributed by atoms with Crippen LogP contribution in [0.15, 0.2) is 53.5 Å². The topological polar surface area (TPSA) is 65.0 Å². The van der Waals surface area contributed by atoms with E-state index in [0.717, 1.165) is 11.8 Å². The number of nitrogens with zero attached hydrogens (tertiary/aromatic N) is 1. The van der Waals surface area contributed by atoms with Crippen LogP contribution in [0.4, 0.5) is 4.39 Å². The van der Waals surface area contributed by atoms with Gasteiger partial charge in [-0.3, -0.25) is 9.18 Å². The van der Waals surface area contributed by atoms with E-state index in [4.69, 9.17) is 13.9 Å². The molecule has 5 nitrogen and oxygen atoms in total. The summed E-state index contributed by atoms with van der Waals surface area (Å²) in [6, 6.07) is 13.8. The van der Waals surface area contributed by atoms with Crippen molar-refractivity contribution in [3.63, 3.8) is 0 Å². The highest BCUT2D eigenvalue weighted by atomic mass is 32.2. The van der Waals surface area contributed by atoms with Crippen LogP contribution in [-0.2, 0) is 19.8 Å². The fourth-order valence-electron chi connectivity index (χ4n) is 3.02. The minimum Gasteiger partial charge on any atom is -0.496 e. The molecule has 2 atom stereocenters. The Labute approximate surface area is 152 Å². The van der Waals surface area contributed by atoms with E-state index in [0.29, 0.717) is 17.7 Å². The summed E-state index contributed by atoms with van der Waals surface area (Å²) in [7, 11) is -2.05. The summed E-state index contributed by atoms with van der Waals surface area (Å²) in [5, 5.41) is 0. The maximum atomic E-state index is 13.9. The Balaban J connectivity index is 1.96. The molecular formula is C19H20FNO4S. The van der Waals surface area contributed by atoms with Crippen LogP contribution in [0, 0.1) is 11.7 Å². The molecule has 0 spiro atoms. The summed E-state index contributed by atoms with van der Waals surface area (Å²) >= 11 is 0. The van der Waals surface area contributed by atoms with Crippen LogP contribution in [0.5, 0.6) is 5.75 Å². The summed E-state index contributed by atoms with van der Waals surface area (Å²) < 4.78 is 46.8. The van der Waals surface area contributed by atoms with Gasteiger partial charge in [0.25, 0.3) is 10.1 Å². The van der Waals surface area contributed by atoms with Gasteiger partial charge in [-0.05, 0) is 30.2 Å². The van der Waals surface area contributed by atoms with E-state index in [1.807, 2.05) is 30.3 Å². The van der Waals surface area contributed by atoms with Crippen molar-refractivity contribution in [3.05, 3.63) is 65.5 Å². The van der Waals surface area contributed by atoms with E-state index < -0.39 is 21.5 Å². The molecule has 3 rings (SSSR count). The lowest BCUT2D eigenvalue weighted by molar-refractivity contribution is 0.292. The first-order valence-corrected chi connectivity index (χ1v) is 9.94. The molecule has 0 heterocycles. The first-order valence-electron chi connectivity index (χ1n) is 8.13. The van der Waals surface area contributed by atoms with Crippen LogP contribution >= 0.6 is 0 Å². The minimum absolute atomic E-state index is 0.00930. The van der Waals surface area contributed by atoms with Crippen molar-refractivity contribution < 1.29 is 21.7 Å². The van der Waals surface area contributed by atoms with Crippen molar-refractivity contribution >= 4 is 16.3 Å². The number of ether oxygens (including phenoxy) is 1. The summed E-state index contributed by atoms with van der Waals surface area (Å²) in [6.07, 6.45) is 3.27. The molecule has 0 N–H and O–H groups in total. The van der Waals surface area contributed by atoms with Gasteiger partial charge in [0.15, 0.2) is 0 Å². The molecule has 138 valence electrons. The Morgan fingerprint density at radius 2 is 2.00 bits per heavy atom. The molecule has 0 amide bonds. The SMILES string of the molecule is COc1ccc(F)cc1[C@@]1(N=Cc2ccccc2)C[C@@H]1COS(C)(=O)=O. The lowest BCUT2D eigenvalue weighted by atomic mass is 10.0. The van der Waals surface area contributed by atoms with Crippen LogP contribution in [0.3, 0.4) is 0 Å². The molecule has 2 aromatic rings. The monoisotopic (exact) mass is 377 g/mol. The fourth-order valence-corrected chi connectivity index (χ4v) is 3.44. The highest BCUT2D eigenvalue weighted by Crippen LogP contribution is 2.58. The molecular weight excluding hydrogens is 357 g/mol. The Kier molecular flexibility index (Phi) is 5.11. The number of benzene rings is 2. The van der Waals surface area contributed by atoms with Gasteiger partial charge in [-0.25, -0.2) is 4.39 Å².